The molecule has 2 unspecified atom stereocenters. The predicted molar refractivity (Wildman–Crippen MR) is 98.2 cm³/mol. The van der Waals surface area contributed by atoms with Gasteiger partial charge in [0.2, 0.25) is 0 Å². The van der Waals surface area contributed by atoms with E-state index in [9.17, 15) is 36.2 Å². The second-order valence-electron chi connectivity index (χ2n) is 7.16. The smallest absolute Gasteiger partial charge is 0.416 e. The summed E-state index contributed by atoms with van der Waals surface area (Å²) in [5.74, 6) is -1.34. The second kappa shape index (κ2) is 7.56. The van der Waals surface area contributed by atoms with Crippen LogP contribution in [0.3, 0.4) is 0 Å². The highest BCUT2D eigenvalue weighted by atomic mass is 19.4. The first-order valence-corrected chi connectivity index (χ1v) is 8.81. The van der Waals surface area contributed by atoms with Gasteiger partial charge in [-0.2, -0.15) is 26.3 Å². The van der Waals surface area contributed by atoms with E-state index in [1.807, 2.05) is 0 Å². The van der Waals surface area contributed by atoms with Crippen LogP contribution in [-0.4, -0.2) is 29.6 Å². The Morgan fingerprint density at radius 1 is 1.06 bits per heavy atom. The number of nitrogens with two attached hydrogens (primary N) is 1. The first-order valence-electron chi connectivity index (χ1n) is 8.81. The number of hydrogen-bond donors (Lipinski definition) is 2. The zero-order chi connectivity index (χ0) is 23.2. The van der Waals surface area contributed by atoms with Gasteiger partial charge in [0.05, 0.1) is 11.1 Å². The molecular weight excluding hydrogens is 430 g/mol. The van der Waals surface area contributed by atoms with Gasteiger partial charge in [0.25, 0.3) is 0 Å². The number of amidine groups is 1. The van der Waals surface area contributed by atoms with Crippen LogP contribution >= 0.6 is 0 Å². The van der Waals surface area contributed by atoms with Gasteiger partial charge in [-0.05, 0) is 47.9 Å². The zero-order valence-electron chi connectivity index (χ0n) is 15.9. The number of rotatable bonds is 3. The maximum atomic E-state index is 13.2. The molecule has 0 saturated heterocycles. The molecule has 1 aliphatic heterocycles. The number of benzene rings is 2. The number of hydrogen-bond acceptors (Lipinski definition) is 4. The van der Waals surface area contributed by atoms with Crippen molar-refractivity contribution in [3.05, 3.63) is 59.2 Å². The van der Waals surface area contributed by atoms with E-state index in [-0.39, 0.29) is 35.2 Å². The number of carboxylic acids is 1. The van der Waals surface area contributed by atoms with E-state index in [4.69, 9.17) is 10.5 Å². The summed E-state index contributed by atoms with van der Waals surface area (Å²) in [5, 5.41) is 9.47. The lowest BCUT2D eigenvalue weighted by Gasteiger charge is -2.35. The quantitative estimate of drug-likeness (QED) is 0.683. The van der Waals surface area contributed by atoms with Crippen LogP contribution in [-0.2, 0) is 27.4 Å². The summed E-state index contributed by atoms with van der Waals surface area (Å²) < 4.78 is 84.4. The Morgan fingerprint density at radius 2 is 1.65 bits per heavy atom. The normalized spacial score (nSPS) is 22.2. The fourth-order valence-corrected chi connectivity index (χ4v) is 3.38. The van der Waals surface area contributed by atoms with Crippen LogP contribution in [0, 0.1) is 0 Å². The number of nitrogens with zero attached hydrogens (tertiary/aromatic N) is 1. The molecule has 3 N–H and O–H groups in total. The molecule has 2 aromatic rings. The fourth-order valence-electron chi connectivity index (χ4n) is 3.38. The third-order valence-corrected chi connectivity index (χ3v) is 4.88. The SMILES string of the molecule is CC1(c2cccc(-c3cc(C(F)(F)F)cc(C(F)(F)F)c3)c2)N=C(N)COC1C(=O)O. The molecular formula is C20H16F6N2O3. The van der Waals surface area contributed by atoms with Crippen molar-refractivity contribution in [3.63, 3.8) is 0 Å². The number of ether oxygens (including phenoxy) is 1. The molecule has 0 fully saturated rings. The van der Waals surface area contributed by atoms with Crippen molar-refractivity contribution in [3.8, 4) is 11.1 Å². The number of aliphatic imine (C=N–C) groups is 1. The molecule has 31 heavy (non-hydrogen) atoms. The van der Waals surface area contributed by atoms with E-state index in [0.29, 0.717) is 12.1 Å². The minimum absolute atomic E-state index is 0.00355. The van der Waals surface area contributed by atoms with Crippen molar-refractivity contribution >= 4 is 11.8 Å². The fraction of sp³-hybridized carbons (Fsp3) is 0.300. The molecule has 0 radical (unpaired) electrons. The van der Waals surface area contributed by atoms with Crippen LogP contribution in [0.1, 0.15) is 23.6 Å². The van der Waals surface area contributed by atoms with E-state index >= 15 is 0 Å². The van der Waals surface area contributed by atoms with Crippen molar-refractivity contribution < 1.29 is 41.0 Å². The van der Waals surface area contributed by atoms with Gasteiger partial charge in [0.1, 0.15) is 18.0 Å². The highest BCUT2D eigenvalue weighted by Crippen LogP contribution is 2.40. The van der Waals surface area contributed by atoms with Gasteiger partial charge >= 0.3 is 18.3 Å². The third-order valence-electron chi connectivity index (χ3n) is 4.88. The van der Waals surface area contributed by atoms with E-state index in [0.717, 1.165) is 0 Å². The molecule has 0 bridgehead atoms. The summed E-state index contributed by atoms with van der Waals surface area (Å²) in [6, 6.07) is 6.65. The van der Waals surface area contributed by atoms with Crippen molar-refractivity contribution in [1.82, 2.24) is 0 Å². The van der Waals surface area contributed by atoms with Gasteiger partial charge in [0.15, 0.2) is 6.10 Å². The predicted octanol–water partition coefficient (Wildman–Crippen LogP) is 4.45. The van der Waals surface area contributed by atoms with Gasteiger partial charge in [-0.25, -0.2) is 4.79 Å². The second-order valence-corrected chi connectivity index (χ2v) is 7.16. The number of alkyl halides is 6. The van der Waals surface area contributed by atoms with Gasteiger partial charge in [-0.1, -0.05) is 18.2 Å². The first kappa shape index (κ1) is 22.6. The Hall–Kier alpha value is -3.08. The van der Waals surface area contributed by atoms with Crippen LogP contribution in [0.25, 0.3) is 11.1 Å². The maximum absolute atomic E-state index is 13.2. The summed E-state index contributed by atoms with van der Waals surface area (Å²) in [7, 11) is 0. The minimum atomic E-state index is -5.00. The summed E-state index contributed by atoms with van der Waals surface area (Å²) in [5.41, 5.74) is 1.09. The summed E-state index contributed by atoms with van der Waals surface area (Å²) >= 11 is 0. The zero-order valence-corrected chi connectivity index (χ0v) is 15.9. The molecule has 2 atom stereocenters. The van der Waals surface area contributed by atoms with Crippen molar-refractivity contribution in [2.45, 2.75) is 30.9 Å². The summed E-state index contributed by atoms with van der Waals surface area (Å²) in [4.78, 5) is 15.8. The van der Waals surface area contributed by atoms with Crippen LogP contribution in [0.4, 0.5) is 26.3 Å². The van der Waals surface area contributed by atoms with Crippen LogP contribution < -0.4 is 5.73 Å². The molecule has 1 heterocycles. The molecule has 0 amide bonds. The van der Waals surface area contributed by atoms with Gasteiger partial charge in [0, 0.05) is 0 Å². The summed E-state index contributed by atoms with van der Waals surface area (Å²) in [6.45, 7) is 1.18. The average Bonchev–Trinajstić information content (AvgIpc) is 2.66. The van der Waals surface area contributed by atoms with E-state index in [1.54, 1.807) is 0 Å². The molecule has 11 heteroatoms. The lowest BCUT2D eigenvalue weighted by Crippen LogP contribution is -2.49. The summed E-state index contributed by atoms with van der Waals surface area (Å²) in [6.07, 6.45) is -11.4. The van der Waals surface area contributed by atoms with Crippen LogP contribution in [0.2, 0.25) is 0 Å². The molecule has 0 aliphatic carbocycles. The Kier molecular flexibility index (Phi) is 5.51. The van der Waals surface area contributed by atoms with Crippen molar-refractivity contribution in [2.24, 2.45) is 10.7 Å². The lowest BCUT2D eigenvalue weighted by atomic mass is 9.84. The number of carbonyl (C=O) groups is 1. The minimum Gasteiger partial charge on any atom is -0.479 e. The van der Waals surface area contributed by atoms with E-state index in [2.05, 4.69) is 4.99 Å². The van der Waals surface area contributed by atoms with Crippen molar-refractivity contribution in [1.29, 1.82) is 0 Å². The molecule has 1 aliphatic rings. The van der Waals surface area contributed by atoms with Gasteiger partial charge in [-0.15, -0.1) is 0 Å². The molecule has 0 saturated carbocycles. The monoisotopic (exact) mass is 446 g/mol. The number of halogens is 6. The topological polar surface area (TPSA) is 84.9 Å². The Balaban J connectivity index is 2.18. The van der Waals surface area contributed by atoms with Crippen LogP contribution in [0.15, 0.2) is 47.5 Å². The van der Waals surface area contributed by atoms with E-state index < -0.39 is 41.1 Å². The molecule has 5 nitrogen and oxygen atoms in total. The first-order chi connectivity index (χ1) is 14.2. The Morgan fingerprint density at radius 3 is 2.16 bits per heavy atom. The van der Waals surface area contributed by atoms with E-state index in [1.165, 1.54) is 31.2 Å². The molecule has 3 rings (SSSR count). The molecule has 0 aromatic heterocycles. The highest BCUT2D eigenvalue weighted by molar-refractivity contribution is 5.85. The Bertz CT molecular complexity index is 1020. The van der Waals surface area contributed by atoms with Gasteiger partial charge < -0.3 is 15.6 Å². The molecule has 2 aromatic carbocycles. The van der Waals surface area contributed by atoms with Crippen molar-refractivity contribution in [2.75, 3.05) is 6.61 Å². The standard InChI is InChI=1S/C20H16F6N2O3/c1-18(16(17(29)30)31-9-15(27)28-18)12-4-2-3-10(5-12)11-6-13(19(21,22)23)8-14(7-11)20(24,25)26/h2-8,16H,9H2,1H3,(H2,27,28)(H,29,30). The molecule has 166 valence electrons. The maximum Gasteiger partial charge on any atom is 0.416 e. The highest BCUT2D eigenvalue weighted by Gasteiger charge is 2.45. The average molecular weight is 446 g/mol. The lowest BCUT2D eigenvalue weighted by molar-refractivity contribution is -0.155. The third kappa shape index (κ3) is 4.50. The number of aliphatic carboxylic acids is 1. The van der Waals surface area contributed by atoms with Crippen LogP contribution in [0.5, 0.6) is 0 Å². The molecule has 0 spiro atoms. The number of carboxylic acid groups (broad SMARTS) is 1. The Labute approximate surface area is 172 Å². The largest absolute Gasteiger partial charge is 0.479 e. The van der Waals surface area contributed by atoms with Gasteiger partial charge in [-0.3, -0.25) is 4.99 Å².